The molecule has 7 aromatic rings. The van der Waals surface area contributed by atoms with Gasteiger partial charge in [0.25, 0.3) is 0 Å². The summed E-state index contributed by atoms with van der Waals surface area (Å²) < 4.78 is 37.6. The van der Waals surface area contributed by atoms with Crippen molar-refractivity contribution in [3.63, 3.8) is 0 Å². The molecule has 37 heteroatoms. The normalized spacial score (nSPS) is 15.8. The quantitative estimate of drug-likeness (QED) is 0.0130. The summed E-state index contributed by atoms with van der Waals surface area (Å²) in [7, 11) is 9.51. The van der Waals surface area contributed by atoms with Crippen LogP contribution in [0.15, 0.2) is 145 Å². The number of benzene rings is 5. The fourth-order valence-electron chi connectivity index (χ4n) is 18.9. The third kappa shape index (κ3) is 31.1. The van der Waals surface area contributed by atoms with Crippen molar-refractivity contribution in [3.8, 4) is 11.1 Å². The Morgan fingerprint density at radius 1 is 0.648 bits per heavy atom. The van der Waals surface area contributed by atoms with Gasteiger partial charge in [-0.15, -0.1) is 11.3 Å². The maximum absolute atomic E-state index is 14.6. The van der Waals surface area contributed by atoms with E-state index in [9.17, 15) is 62.3 Å². The van der Waals surface area contributed by atoms with Gasteiger partial charge in [0.1, 0.15) is 41.9 Å². The van der Waals surface area contributed by atoms with Crippen molar-refractivity contribution in [3.05, 3.63) is 178 Å². The number of hydrazine groups is 1. The van der Waals surface area contributed by atoms with Gasteiger partial charge in [-0.1, -0.05) is 172 Å². The molecule has 3 aliphatic rings. The number of nitrogens with one attached hydrogen (secondary N) is 6. The van der Waals surface area contributed by atoms with Crippen molar-refractivity contribution in [2.24, 2.45) is 35.3 Å². The molecule has 0 spiro atoms. The summed E-state index contributed by atoms with van der Waals surface area (Å²) in [6, 6.07) is 36.1. The second kappa shape index (κ2) is 54.7. The number of amides is 13. The van der Waals surface area contributed by atoms with Gasteiger partial charge in [-0.3, -0.25) is 52.8 Å². The van der Waals surface area contributed by atoms with Crippen LogP contribution in [0.5, 0.6) is 0 Å². The number of methoxy groups -OCH3 is 2. The first-order valence-corrected chi connectivity index (χ1v) is 50.3. The van der Waals surface area contributed by atoms with E-state index in [0.717, 1.165) is 49.4 Å². The van der Waals surface area contributed by atoms with E-state index < -0.39 is 126 Å². The molecule has 0 saturated carbocycles. The Kier molecular flexibility index (Phi) is 43.0. The number of para-hydroxylation sites is 1. The second-order valence-electron chi connectivity index (χ2n) is 38.1. The number of rotatable bonds is 54. The number of thiazole rings is 1. The number of carbonyl (C=O) groups excluding carboxylic acids is 12. The van der Waals surface area contributed by atoms with E-state index in [1.54, 1.807) is 120 Å². The number of carboxylic acid groups (broad SMARTS) is 1. The van der Waals surface area contributed by atoms with Gasteiger partial charge in [-0.25, -0.2) is 29.4 Å². The van der Waals surface area contributed by atoms with Crippen LogP contribution in [0, 0.1) is 29.6 Å². The number of aryl methyl sites for hydroxylation is 1. The van der Waals surface area contributed by atoms with Crippen LogP contribution >= 0.6 is 11.3 Å². The number of aliphatic carboxylic acids is 1. The molecule has 10 rings (SSSR count). The van der Waals surface area contributed by atoms with Gasteiger partial charge in [-0.2, -0.15) is 0 Å². The van der Waals surface area contributed by atoms with E-state index in [4.69, 9.17) is 39.3 Å². The molecule has 0 unspecified atom stereocenters. The SMILES string of the molecule is CC[C@H](C)[C@H](OC(=O)N(C)[C@H](C(=O)N[C@H](C(=O)N(C)C[C@@H](CC(=O)N1CCC[C@H]1[C@H](OC)[C@@H](C)C(=O)N[C@@H](Cc1ccccc1)c1nccs1)OC)C(C)C)C(C)C)c1ccc(NC(=O)[C@H](CCCNC(N)=O)NC(=O)[C@@H](NC(=O)CCC(=O)N(CCOCCOCCC(=O)O)C2CCN(C(=O)CCn3c(CN(C)N(C)C(=O)OCC4c5ccccc5-c5ccccc54)cc4ccccc43)CC2)C(C)C)cc1. The minimum Gasteiger partial charge on any atom is -0.481 e. The first-order valence-electron chi connectivity index (χ1n) is 49.4. The maximum atomic E-state index is 14.6. The van der Waals surface area contributed by atoms with Crippen molar-refractivity contribution in [1.29, 1.82) is 0 Å². The molecule has 0 bridgehead atoms. The summed E-state index contributed by atoms with van der Waals surface area (Å²) in [5.74, 6) is -7.47. The standard InChI is InChI=1S/C105H146N16O20S/c1-16-69(8)95(141-104(134)116(12)94(68(6)7)100(131)113-93(67(4)5)102(132)114(10)64-77(136-14)62-90(125)121-50-27-37-86(121)96(137-15)70(9)97(128)111-84(101-107-49-59-142-101)60-71-28-18-17-19-29-71)72-38-40-74(41-39-72)109-98(129)83(35-26-48-108-103(106)133)110-99(130)92(66(2)3)112-87(122)42-43-89(124)120(54-56-139-58-57-138-55-47-91(126)127)75-44-51-118(52-45-75)88(123)46-53-119-76(61-73-30-20-25-36-85(73)119)63-115(11)117(13)105(135)140-65-82-80-33-23-21-31-78(80)79-32-22-24-34-81(79)82/h17-25,28-34,36,38-41,49,59,61,66-70,75,77,82-84,86,92-96H,16,26-27,35,37,42-48,50-58,60,62-65H2,1-15H3,(H,109,129)(H,110,130)(H,111,128)(H,112,122)(H,113,131)(H,126,127)(H3,106,108,133)/t69-,70+,77+,83-,84-,86-,92-,93-,94-,95-,96+/m0/s1. The minimum absolute atomic E-state index is 0.000252. The predicted octanol–water partition coefficient (Wildman–Crippen LogP) is 11.5. The third-order valence-electron chi connectivity index (χ3n) is 27.1. The van der Waals surface area contributed by atoms with Gasteiger partial charge < -0.3 is 95.3 Å². The minimum atomic E-state index is -1.24. The average Bonchev–Trinajstić information content (AvgIpc) is 1.61. The zero-order valence-electron chi connectivity index (χ0n) is 84.7. The Morgan fingerprint density at radius 2 is 1.30 bits per heavy atom. The zero-order valence-corrected chi connectivity index (χ0v) is 85.5. The van der Waals surface area contributed by atoms with Gasteiger partial charge in [0.2, 0.25) is 53.2 Å². The Bertz CT molecular complexity index is 5300. The van der Waals surface area contributed by atoms with E-state index in [2.05, 4.69) is 71.8 Å². The number of primary amides is 1. The largest absolute Gasteiger partial charge is 0.481 e. The molecule has 0 radical (unpaired) electrons. The lowest BCUT2D eigenvalue weighted by Gasteiger charge is -2.39. The number of hydrogen-bond acceptors (Lipinski definition) is 22. The molecule has 772 valence electrons. The van der Waals surface area contributed by atoms with Gasteiger partial charge in [0.05, 0.1) is 76.0 Å². The van der Waals surface area contributed by atoms with E-state index in [0.29, 0.717) is 82.5 Å². The lowest BCUT2D eigenvalue weighted by atomic mass is 9.94. The van der Waals surface area contributed by atoms with E-state index in [1.165, 1.54) is 40.3 Å². The number of fused-ring (bicyclic) bond motifs is 4. The van der Waals surface area contributed by atoms with Crippen LogP contribution in [0.1, 0.15) is 190 Å². The number of nitrogens with two attached hydrogens (primary N) is 1. The molecular weight excluding hydrogens is 1840 g/mol. The molecule has 142 heavy (non-hydrogen) atoms. The summed E-state index contributed by atoms with van der Waals surface area (Å²) in [5.41, 5.74) is 13.6. The summed E-state index contributed by atoms with van der Waals surface area (Å²) in [6.45, 7) is 18.5. The maximum Gasteiger partial charge on any atom is 0.424 e. The number of anilines is 1. The van der Waals surface area contributed by atoms with Crippen molar-refractivity contribution in [1.82, 2.24) is 70.7 Å². The van der Waals surface area contributed by atoms with Gasteiger partial charge >= 0.3 is 24.2 Å². The first-order chi connectivity index (χ1) is 68.0. The highest BCUT2D eigenvalue weighted by Crippen LogP contribution is 2.45. The fourth-order valence-corrected chi connectivity index (χ4v) is 19.6. The van der Waals surface area contributed by atoms with E-state index in [1.807, 2.05) is 105 Å². The molecule has 2 fully saturated rings. The number of nitrogens with zero attached hydrogens (tertiary/aromatic N) is 9. The number of carbonyl (C=O) groups is 13. The van der Waals surface area contributed by atoms with Crippen LogP contribution in [-0.4, -0.2) is 290 Å². The zero-order chi connectivity index (χ0) is 103. The van der Waals surface area contributed by atoms with Crippen molar-refractivity contribution in [2.75, 3.05) is 120 Å². The lowest BCUT2D eigenvalue weighted by molar-refractivity contribution is -0.143. The highest BCUT2D eigenvalue weighted by molar-refractivity contribution is 7.09. The number of hydrogen-bond donors (Lipinski definition) is 8. The molecule has 1 aliphatic carbocycles. The molecule has 9 N–H and O–H groups in total. The predicted molar refractivity (Wildman–Crippen MR) is 539 cm³/mol. The smallest absolute Gasteiger partial charge is 0.424 e. The van der Waals surface area contributed by atoms with Gasteiger partial charge in [-0.05, 0) is 138 Å². The number of likely N-dealkylation sites (tertiary alicyclic amines) is 2. The number of ether oxygens (including phenoxy) is 6. The molecule has 4 heterocycles. The van der Waals surface area contributed by atoms with Crippen molar-refractivity contribution in [2.45, 2.75) is 225 Å². The summed E-state index contributed by atoms with van der Waals surface area (Å²) in [5, 5.41) is 33.1. The molecule has 5 aromatic carbocycles. The lowest BCUT2D eigenvalue weighted by Crippen LogP contribution is -2.58. The van der Waals surface area contributed by atoms with Crippen molar-refractivity contribution >= 4 is 105 Å². The van der Waals surface area contributed by atoms with Crippen LogP contribution in [0.2, 0.25) is 0 Å². The van der Waals surface area contributed by atoms with Crippen LogP contribution in [0.3, 0.4) is 0 Å². The highest BCUT2D eigenvalue weighted by Gasteiger charge is 2.44. The molecule has 2 aromatic heterocycles. The first kappa shape index (κ1) is 112. The summed E-state index contributed by atoms with van der Waals surface area (Å²) in [6.07, 6.45) is 0.766. The molecular formula is C105H146N16O20S. The van der Waals surface area contributed by atoms with Crippen LogP contribution in [0.25, 0.3) is 22.0 Å². The number of likely N-dealkylation sites (N-methyl/N-ethyl adjacent to an activating group) is 2. The van der Waals surface area contributed by atoms with Crippen LogP contribution < -0.4 is 37.6 Å². The van der Waals surface area contributed by atoms with Crippen LogP contribution in [-0.2, 0) is 95.9 Å². The molecule has 13 amide bonds. The average molecular weight is 1980 g/mol. The number of urea groups is 1. The van der Waals surface area contributed by atoms with E-state index in [-0.39, 0.29) is 145 Å². The van der Waals surface area contributed by atoms with Gasteiger partial charge in [0, 0.05) is 148 Å². The van der Waals surface area contributed by atoms with Crippen molar-refractivity contribution < 1.29 is 95.9 Å². The highest BCUT2D eigenvalue weighted by atomic mass is 32.1. The topological polar surface area (TPSA) is 436 Å². The molecule has 2 aliphatic heterocycles. The van der Waals surface area contributed by atoms with E-state index >= 15 is 0 Å². The summed E-state index contributed by atoms with van der Waals surface area (Å²) >= 11 is 1.46. The Hall–Kier alpha value is -12.4. The monoisotopic (exact) mass is 1980 g/mol. The second-order valence-corrected chi connectivity index (χ2v) is 39.0. The Morgan fingerprint density at radius 3 is 1.93 bits per heavy atom. The Balaban J connectivity index is 0.711. The number of carboxylic acids is 1. The summed E-state index contributed by atoms with van der Waals surface area (Å²) in [4.78, 5) is 193. The number of piperidine rings is 1. The molecule has 11 atom stereocenters. The molecule has 2 saturated heterocycles. The third-order valence-corrected chi connectivity index (χ3v) is 28.0. The number of aromatic nitrogens is 2. The van der Waals surface area contributed by atoms with Gasteiger partial charge in [0.15, 0.2) is 0 Å². The molecule has 36 nitrogen and oxygen atoms in total. The van der Waals surface area contributed by atoms with Crippen LogP contribution in [0.4, 0.5) is 20.1 Å². The Labute approximate surface area is 837 Å². The fraction of sp³-hybridized carbons (Fsp3) is 0.543.